The SMILES string of the molecule is CC/C=C\C/C=C\C/C=C\CCC(=O)OC[C@H](O)CO. The second-order valence-electron chi connectivity index (χ2n) is 4.35. The second-order valence-corrected chi connectivity index (χ2v) is 4.35. The van der Waals surface area contributed by atoms with E-state index in [2.05, 4.69) is 31.2 Å². The van der Waals surface area contributed by atoms with Gasteiger partial charge in [0.25, 0.3) is 0 Å². The third-order valence-electron chi connectivity index (χ3n) is 2.44. The fourth-order valence-electron chi connectivity index (χ4n) is 1.34. The number of carbonyl (C=O) groups excluding carboxylic acids is 1. The van der Waals surface area contributed by atoms with Crippen molar-refractivity contribution in [3.05, 3.63) is 36.5 Å². The summed E-state index contributed by atoms with van der Waals surface area (Å²) in [6.07, 6.45) is 15.2. The van der Waals surface area contributed by atoms with E-state index in [1.807, 2.05) is 12.2 Å². The lowest BCUT2D eigenvalue weighted by molar-refractivity contribution is -0.147. The normalized spacial score (nSPS) is 13.6. The van der Waals surface area contributed by atoms with E-state index in [4.69, 9.17) is 14.9 Å². The molecule has 0 amide bonds. The van der Waals surface area contributed by atoms with Crippen LogP contribution in [0.2, 0.25) is 0 Å². The molecule has 0 saturated heterocycles. The molecule has 0 spiro atoms. The first-order valence-electron chi connectivity index (χ1n) is 7.10. The highest BCUT2D eigenvalue weighted by Crippen LogP contribution is 1.98. The lowest BCUT2D eigenvalue weighted by Gasteiger charge is -2.07. The number of carbonyl (C=O) groups is 1. The van der Waals surface area contributed by atoms with E-state index in [9.17, 15) is 4.79 Å². The summed E-state index contributed by atoms with van der Waals surface area (Å²) in [5.74, 6) is -0.359. The summed E-state index contributed by atoms with van der Waals surface area (Å²) in [5, 5.41) is 17.5. The average Bonchev–Trinajstić information content (AvgIpc) is 2.46. The average molecular weight is 282 g/mol. The maximum Gasteiger partial charge on any atom is 0.306 e. The van der Waals surface area contributed by atoms with Crippen LogP contribution in [0, 0.1) is 0 Å². The van der Waals surface area contributed by atoms with Crippen molar-refractivity contribution in [2.24, 2.45) is 0 Å². The van der Waals surface area contributed by atoms with E-state index >= 15 is 0 Å². The molecule has 2 N–H and O–H groups in total. The largest absolute Gasteiger partial charge is 0.463 e. The number of rotatable bonds is 11. The molecule has 0 aromatic carbocycles. The molecule has 4 nitrogen and oxygen atoms in total. The first-order valence-corrected chi connectivity index (χ1v) is 7.10. The van der Waals surface area contributed by atoms with Crippen molar-refractivity contribution in [2.45, 2.75) is 45.1 Å². The molecular formula is C16H26O4. The van der Waals surface area contributed by atoms with E-state index in [0.29, 0.717) is 6.42 Å². The van der Waals surface area contributed by atoms with Crippen molar-refractivity contribution < 1.29 is 19.7 Å². The summed E-state index contributed by atoms with van der Waals surface area (Å²) in [6, 6.07) is 0. The van der Waals surface area contributed by atoms with Crippen LogP contribution in [-0.2, 0) is 9.53 Å². The molecule has 0 aliphatic rings. The minimum absolute atomic E-state index is 0.146. The Morgan fingerprint density at radius 2 is 1.70 bits per heavy atom. The number of esters is 1. The molecule has 0 aromatic heterocycles. The molecule has 1 atom stereocenters. The molecule has 0 unspecified atom stereocenters. The molecule has 4 heteroatoms. The van der Waals surface area contributed by atoms with Crippen LogP contribution in [0.3, 0.4) is 0 Å². The predicted molar refractivity (Wildman–Crippen MR) is 80.2 cm³/mol. The zero-order valence-corrected chi connectivity index (χ0v) is 12.2. The van der Waals surface area contributed by atoms with Gasteiger partial charge in [-0.1, -0.05) is 43.4 Å². The zero-order chi connectivity index (χ0) is 15.1. The molecule has 0 rings (SSSR count). The number of hydrogen-bond acceptors (Lipinski definition) is 4. The summed E-state index contributed by atoms with van der Waals surface area (Å²) in [7, 11) is 0. The van der Waals surface area contributed by atoms with E-state index < -0.39 is 12.7 Å². The molecule has 0 aliphatic carbocycles. The predicted octanol–water partition coefficient (Wildman–Crippen LogP) is 2.52. The number of allylic oxidation sites excluding steroid dienone is 6. The van der Waals surface area contributed by atoms with Crippen molar-refractivity contribution in [3.63, 3.8) is 0 Å². The molecule has 114 valence electrons. The van der Waals surface area contributed by atoms with E-state index in [-0.39, 0.29) is 19.0 Å². The van der Waals surface area contributed by atoms with Gasteiger partial charge in [-0.3, -0.25) is 4.79 Å². The Hall–Kier alpha value is -1.39. The zero-order valence-electron chi connectivity index (χ0n) is 12.2. The van der Waals surface area contributed by atoms with Gasteiger partial charge < -0.3 is 14.9 Å². The van der Waals surface area contributed by atoms with Gasteiger partial charge in [-0.15, -0.1) is 0 Å². The number of ether oxygens (including phenoxy) is 1. The van der Waals surface area contributed by atoms with Crippen LogP contribution >= 0.6 is 0 Å². The van der Waals surface area contributed by atoms with Crippen LogP contribution in [0.25, 0.3) is 0 Å². The highest BCUT2D eigenvalue weighted by atomic mass is 16.5. The fourth-order valence-corrected chi connectivity index (χ4v) is 1.34. The Labute approximate surface area is 121 Å². The highest BCUT2D eigenvalue weighted by molar-refractivity contribution is 5.69. The van der Waals surface area contributed by atoms with Gasteiger partial charge in [0.15, 0.2) is 0 Å². The molecule has 0 saturated carbocycles. The lowest BCUT2D eigenvalue weighted by Crippen LogP contribution is -2.21. The molecular weight excluding hydrogens is 256 g/mol. The quantitative estimate of drug-likeness (QED) is 0.451. The number of aliphatic hydroxyl groups is 2. The van der Waals surface area contributed by atoms with Crippen LogP contribution in [0.1, 0.15) is 39.0 Å². The third kappa shape index (κ3) is 13.1. The van der Waals surface area contributed by atoms with E-state index in [0.717, 1.165) is 19.3 Å². The van der Waals surface area contributed by atoms with Gasteiger partial charge in [0.1, 0.15) is 12.7 Å². The molecule has 0 fully saturated rings. The second kappa shape index (κ2) is 14.0. The van der Waals surface area contributed by atoms with Gasteiger partial charge >= 0.3 is 5.97 Å². The highest BCUT2D eigenvalue weighted by Gasteiger charge is 2.06. The van der Waals surface area contributed by atoms with Gasteiger partial charge in [0.2, 0.25) is 0 Å². The van der Waals surface area contributed by atoms with Crippen LogP contribution < -0.4 is 0 Å². The van der Waals surface area contributed by atoms with Crippen molar-refractivity contribution >= 4 is 5.97 Å². The van der Waals surface area contributed by atoms with Crippen LogP contribution in [0.15, 0.2) is 36.5 Å². The molecule has 0 aliphatic heterocycles. The van der Waals surface area contributed by atoms with Gasteiger partial charge in [0, 0.05) is 6.42 Å². The maximum atomic E-state index is 11.2. The molecule has 0 bridgehead atoms. The first-order chi connectivity index (χ1) is 9.70. The minimum atomic E-state index is -0.985. The smallest absolute Gasteiger partial charge is 0.306 e. The Morgan fingerprint density at radius 3 is 2.30 bits per heavy atom. The van der Waals surface area contributed by atoms with Gasteiger partial charge in [-0.25, -0.2) is 0 Å². The Kier molecular flexibility index (Phi) is 13.1. The minimum Gasteiger partial charge on any atom is -0.463 e. The van der Waals surface area contributed by atoms with E-state index in [1.54, 1.807) is 0 Å². The van der Waals surface area contributed by atoms with Gasteiger partial charge in [0.05, 0.1) is 6.61 Å². The summed E-state index contributed by atoms with van der Waals surface area (Å²) >= 11 is 0. The molecule has 20 heavy (non-hydrogen) atoms. The summed E-state index contributed by atoms with van der Waals surface area (Å²) in [4.78, 5) is 11.2. The summed E-state index contributed by atoms with van der Waals surface area (Å²) < 4.78 is 4.77. The first kappa shape index (κ1) is 18.6. The topological polar surface area (TPSA) is 66.8 Å². The Bertz CT molecular complexity index is 318. The standard InChI is InChI=1S/C16H26O4/c1-2-3-4-5-6-7-8-9-10-11-12-16(19)20-14-15(18)13-17/h3-4,6-7,9-10,15,17-18H,2,5,8,11-14H2,1H3/b4-3-,7-6-,10-9-/t15-/m1/s1. The van der Waals surface area contributed by atoms with Crippen LogP contribution in [0.4, 0.5) is 0 Å². The lowest BCUT2D eigenvalue weighted by atomic mass is 10.2. The van der Waals surface area contributed by atoms with Crippen LogP contribution in [-0.4, -0.2) is 35.5 Å². The van der Waals surface area contributed by atoms with Crippen molar-refractivity contribution in [1.29, 1.82) is 0 Å². The monoisotopic (exact) mass is 282 g/mol. The number of aliphatic hydroxyl groups excluding tert-OH is 2. The molecule has 0 heterocycles. The van der Waals surface area contributed by atoms with Crippen molar-refractivity contribution in [2.75, 3.05) is 13.2 Å². The van der Waals surface area contributed by atoms with Crippen LogP contribution in [0.5, 0.6) is 0 Å². The summed E-state index contributed by atoms with van der Waals surface area (Å²) in [6.45, 7) is 1.57. The Morgan fingerprint density at radius 1 is 1.10 bits per heavy atom. The van der Waals surface area contributed by atoms with Gasteiger partial charge in [-0.05, 0) is 25.7 Å². The number of hydrogen-bond donors (Lipinski definition) is 2. The van der Waals surface area contributed by atoms with Crippen molar-refractivity contribution in [1.82, 2.24) is 0 Å². The van der Waals surface area contributed by atoms with Gasteiger partial charge in [-0.2, -0.15) is 0 Å². The van der Waals surface area contributed by atoms with Crippen molar-refractivity contribution in [3.8, 4) is 0 Å². The maximum absolute atomic E-state index is 11.2. The fraction of sp³-hybridized carbons (Fsp3) is 0.562. The van der Waals surface area contributed by atoms with E-state index in [1.165, 1.54) is 0 Å². The molecule has 0 radical (unpaired) electrons. The summed E-state index contributed by atoms with van der Waals surface area (Å²) in [5.41, 5.74) is 0. The third-order valence-corrected chi connectivity index (χ3v) is 2.44. The Balaban J connectivity index is 3.51. The molecule has 0 aromatic rings.